The Hall–Kier alpha value is -3.93. The second kappa shape index (κ2) is 7.83. The average molecular weight is 398 g/mol. The van der Waals surface area contributed by atoms with Gasteiger partial charge in [0.15, 0.2) is 5.69 Å². The molecule has 0 aliphatic heterocycles. The Morgan fingerprint density at radius 3 is 2.40 bits per heavy atom. The first-order chi connectivity index (χ1) is 14.5. The maximum atomic E-state index is 13.2. The number of hydrogen-bond donors (Lipinski definition) is 1. The highest BCUT2D eigenvalue weighted by Gasteiger charge is 2.24. The number of aromatic nitrogens is 2. The van der Waals surface area contributed by atoms with E-state index < -0.39 is 0 Å². The Balaban J connectivity index is 1.71. The van der Waals surface area contributed by atoms with Crippen LogP contribution in [0.1, 0.15) is 32.2 Å². The molecule has 2 heterocycles. The van der Waals surface area contributed by atoms with E-state index >= 15 is 0 Å². The third-order valence-electron chi connectivity index (χ3n) is 5.17. The molecule has 0 saturated carbocycles. The van der Waals surface area contributed by atoms with Gasteiger partial charge >= 0.3 is 0 Å². The Labute approximate surface area is 174 Å². The summed E-state index contributed by atoms with van der Waals surface area (Å²) in [6, 6.07) is 20.5. The molecule has 2 aromatic carbocycles. The molecule has 6 nitrogen and oxygen atoms in total. The molecule has 0 radical (unpaired) electrons. The number of pyridine rings is 1. The van der Waals surface area contributed by atoms with Crippen LogP contribution >= 0.6 is 0 Å². The predicted octanol–water partition coefficient (Wildman–Crippen LogP) is 4.48. The number of carbonyl (C=O) groups is 2. The second-order valence-electron chi connectivity index (χ2n) is 7.19. The number of amides is 2. The number of rotatable bonds is 4. The van der Waals surface area contributed by atoms with Gasteiger partial charge in [-0.3, -0.25) is 14.0 Å². The van der Waals surface area contributed by atoms with E-state index in [0.29, 0.717) is 11.2 Å². The van der Waals surface area contributed by atoms with Crippen molar-refractivity contribution in [2.45, 2.75) is 13.8 Å². The van der Waals surface area contributed by atoms with Gasteiger partial charge in [-0.1, -0.05) is 30.3 Å². The molecule has 30 heavy (non-hydrogen) atoms. The van der Waals surface area contributed by atoms with Crippen LogP contribution in [0, 0.1) is 13.8 Å². The molecule has 2 aromatic heterocycles. The summed E-state index contributed by atoms with van der Waals surface area (Å²) < 4.78 is 1.64. The molecule has 4 aromatic rings. The fourth-order valence-corrected chi connectivity index (χ4v) is 3.29. The summed E-state index contributed by atoms with van der Waals surface area (Å²) in [5, 5.41) is 2.88. The van der Waals surface area contributed by atoms with Crippen LogP contribution in [0.4, 0.5) is 11.4 Å². The van der Waals surface area contributed by atoms with Gasteiger partial charge in [-0.2, -0.15) is 0 Å². The number of benzene rings is 2. The highest BCUT2D eigenvalue weighted by molar-refractivity contribution is 6.11. The van der Waals surface area contributed by atoms with Crippen molar-refractivity contribution in [1.82, 2.24) is 9.38 Å². The Morgan fingerprint density at radius 1 is 0.933 bits per heavy atom. The van der Waals surface area contributed by atoms with Gasteiger partial charge in [0.2, 0.25) is 5.82 Å². The summed E-state index contributed by atoms with van der Waals surface area (Å²) in [7, 11) is 1.70. The van der Waals surface area contributed by atoms with Gasteiger partial charge < -0.3 is 10.2 Å². The quantitative estimate of drug-likeness (QED) is 0.551. The van der Waals surface area contributed by atoms with Crippen LogP contribution in [0.15, 0.2) is 72.9 Å². The Kier molecular flexibility index (Phi) is 5.06. The summed E-state index contributed by atoms with van der Waals surface area (Å²) in [5.41, 5.74) is 4.48. The molecule has 0 spiro atoms. The maximum Gasteiger partial charge on any atom is 0.292 e. The highest BCUT2D eigenvalue weighted by Crippen LogP contribution is 2.20. The molecule has 4 rings (SSSR count). The largest absolute Gasteiger partial charge is 0.319 e. The summed E-state index contributed by atoms with van der Waals surface area (Å²) in [4.78, 5) is 32.1. The van der Waals surface area contributed by atoms with E-state index in [1.807, 2.05) is 68.4 Å². The topological polar surface area (TPSA) is 66.7 Å². The minimum Gasteiger partial charge on any atom is -0.319 e. The van der Waals surface area contributed by atoms with Crippen LogP contribution in [0.2, 0.25) is 0 Å². The normalized spacial score (nSPS) is 10.8. The van der Waals surface area contributed by atoms with E-state index in [0.717, 1.165) is 16.8 Å². The lowest BCUT2D eigenvalue weighted by molar-refractivity contribution is 0.0990. The highest BCUT2D eigenvalue weighted by atomic mass is 16.2. The van der Waals surface area contributed by atoms with Crippen molar-refractivity contribution in [3.63, 3.8) is 0 Å². The molecular weight excluding hydrogens is 376 g/mol. The zero-order valence-corrected chi connectivity index (χ0v) is 17.1. The van der Waals surface area contributed by atoms with E-state index in [2.05, 4.69) is 10.3 Å². The number of fused-ring (bicyclic) bond motifs is 1. The molecule has 2 amide bonds. The van der Waals surface area contributed by atoms with Crippen molar-refractivity contribution in [3.8, 4) is 0 Å². The number of aryl methyl sites for hydroxylation is 2. The predicted molar refractivity (Wildman–Crippen MR) is 118 cm³/mol. The number of carbonyl (C=O) groups excluding carboxylic acids is 2. The lowest BCUT2D eigenvalue weighted by Crippen LogP contribution is -2.26. The van der Waals surface area contributed by atoms with Crippen molar-refractivity contribution in [1.29, 1.82) is 0 Å². The van der Waals surface area contributed by atoms with Gasteiger partial charge in [0.25, 0.3) is 11.8 Å². The van der Waals surface area contributed by atoms with E-state index in [-0.39, 0.29) is 23.3 Å². The average Bonchev–Trinajstić information content (AvgIpc) is 3.16. The lowest BCUT2D eigenvalue weighted by atomic mass is 10.1. The molecule has 1 N–H and O–H groups in total. The van der Waals surface area contributed by atoms with Gasteiger partial charge in [0.1, 0.15) is 0 Å². The van der Waals surface area contributed by atoms with Crippen LogP contribution in [0.25, 0.3) is 5.52 Å². The molecule has 0 aliphatic carbocycles. The van der Waals surface area contributed by atoms with Gasteiger partial charge in [-0.25, -0.2) is 4.98 Å². The summed E-state index contributed by atoms with van der Waals surface area (Å²) in [5.74, 6) is -0.496. The molecule has 0 aliphatic rings. The molecule has 6 heteroatoms. The van der Waals surface area contributed by atoms with Crippen LogP contribution in [0.3, 0.4) is 0 Å². The first-order valence-electron chi connectivity index (χ1n) is 9.64. The SMILES string of the molecule is Cc1ccc(NC(=O)c2nc(C(=O)N(C)c3ccccc3)c3ccccn23)cc1C. The zero-order valence-electron chi connectivity index (χ0n) is 17.1. The van der Waals surface area contributed by atoms with Crippen LogP contribution < -0.4 is 10.2 Å². The Morgan fingerprint density at radius 2 is 1.67 bits per heavy atom. The minimum absolute atomic E-state index is 0.161. The van der Waals surface area contributed by atoms with Gasteiger partial charge in [-0.15, -0.1) is 0 Å². The van der Waals surface area contributed by atoms with Crippen LogP contribution in [-0.2, 0) is 0 Å². The third-order valence-corrected chi connectivity index (χ3v) is 5.17. The lowest BCUT2D eigenvalue weighted by Gasteiger charge is -2.16. The fourth-order valence-electron chi connectivity index (χ4n) is 3.29. The minimum atomic E-state index is -0.374. The molecule has 0 unspecified atom stereocenters. The molecule has 0 fully saturated rings. The number of nitrogens with zero attached hydrogens (tertiary/aromatic N) is 3. The number of para-hydroxylation sites is 1. The van der Waals surface area contributed by atoms with E-state index in [9.17, 15) is 9.59 Å². The summed E-state index contributed by atoms with van der Waals surface area (Å²) >= 11 is 0. The fraction of sp³-hybridized carbons (Fsp3) is 0.125. The molecule has 0 atom stereocenters. The van der Waals surface area contributed by atoms with E-state index in [1.165, 1.54) is 4.90 Å². The number of anilines is 2. The summed E-state index contributed by atoms with van der Waals surface area (Å²) in [6.45, 7) is 4.01. The third kappa shape index (κ3) is 3.55. The van der Waals surface area contributed by atoms with Crippen molar-refractivity contribution in [2.75, 3.05) is 17.3 Å². The van der Waals surface area contributed by atoms with Crippen molar-refractivity contribution in [3.05, 3.63) is 95.6 Å². The van der Waals surface area contributed by atoms with Crippen LogP contribution in [-0.4, -0.2) is 28.2 Å². The van der Waals surface area contributed by atoms with Gasteiger partial charge in [-0.05, 0) is 61.4 Å². The molecule has 0 saturated heterocycles. The van der Waals surface area contributed by atoms with E-state index in [1.54, 1.807) is 29.8 Å². The van der Waals surface area contributed by atoms with Crippen molar-refractivity contribution in [2.24, 2.45) is 0 Å². The van der Waals surface area contributed by atoms with Gasteiger partial charge in [0, 0.05) is 24.6 Å². The first kappa shape index (κ1) is 19.4. The number of nitrogens with one attached hydrogen (secondary N) is 1. The van der Waals surface area contributed by atoms with Crippen molar-refractivity contribution >= 4 is 28.7 Å². The zero-order chi connectivity index (χ0) is 21.3. The summed E-state index contributed by atoms with van der Waals surface area (Å²) in [6.07, 6.45) is 1.73. The molecule has 0 bridgehead atoms. The number of imidazole rings is 1. The molecule has 150 valence electrons. The maximum absolute atomic E-state index is 13.2. The van der Waals surface area contributed by atoms with Crippen molar-refractivity contribution < 1.29 is 9.59 Å². The first-order valence-corrected chi connectivity index (χ1v) is 9.64. The Bertz CT molecular complexity index is 1240. The standard InChI is InChI=1S/C24H22N4O2/c1-16-12-13-18(15-17(16)2)25-23(29)22-26-21(20-11-7-8-14-28(20)22)24(30)27(3)19-9-5-4-6-10-19/h4-15H,1-3H3,(H,25,29). The second-order valence-corrected chi connectivity index (χ2v) is 7.19. The van der Waals surface area contributed by atoms with Crippen LogP contribution in [0.5, 0.6) is 0 Å². The van der Waals surface area contributed by atoms with Gasteiger partial charge in [0.05, 0.1) is 5.52 Å². The smallest absolute Gasteiger partial charge is 0.292 e. The van der Waals surface area contributed by atoms with E-state index in [4.69, 9.17) is 0 Å². The number of hydrogen-bond acceptors (Lipinski definition) is 3. The molecular formula is C24H22N4O2. The monoisotopic (exact) mass is 398 g/mol.